The molecule has 1 amide bonds. The Kier molecular flexibility index (Phi) is 8.32. The summed E-state index contributed by atoms with van der Waals surface area (Å²) in [7, 11) is 0. The van der Waals surface area contributed by atoms with E-state index < -0.39 is 0 Å². The highest BCUT2D eigenvalue weighted by Crippen LogP contribution is 2.35. The fourth-order valence-electron chi connectivity index (χ4n) is 4.80. The second kappa shape index (κ2) is 11.2. The van der Waals surface area contributed by atoms with Gasteiger partial charge in [0.1, 0.15) is 15.8 Å². The number of rotatable bonds is 8. The summed E-state index contributed by atoms with van der Waals surface area (Å²) < 4.78 is 2.17. The highest BCUT2D eigenvalue weighted by molar-refractivity contribution is 8.26. The van der Waals surface area contributed by atoms with Gasteiger partial charge in [-0.25, -0.2) is 4.98 Å². The van der Waals surface area contributed by atoms with Crippen molar-refractivity contribution in [2.75, 3.05) is 24.5 Å². The Morgan fingerprint density at radius 1 is 1.23 bits per heavy atom. The number of amides is 1. The average Bonchev–Trinajstić information content (AvgIpc) is 3.11. The van der Waals surface area contributed by atoms with E-state index >= 15 is 0 Å². The van der Waals surface area contributed by atoms with Crippen molar-refractivity contribution in [1.82, 2.24) is 14.3 Å². The van der Waals surface area contributed by atoms with Gasteiger partial charge in [0.15, 0.2) is 0 Å². The molecule has 2 aromatic heterocycles. The number of aromatic nitrogens is 2. The van der Waals surface area contributed by atoms with Crippen LogP contribution in [0.2, 0.25) is 0 Å². The molecule has 4 rings (SSSR count). The SMILES string of the molecule is CCCCC(CC)CN1C(=O)/C(=C\c2c(N3CCC(C)CC3)nc3ccc(C)cn3c2=O)SC1=S. The van der Waals surface area contributed by atoms with Crippen molar-refractivity contribution < 1.29 is 4.79 Å². The molecule has 1 atom stereocenters. The van der Waals surface area contributed by atoms with Crippen molar-refractivity contribution in [3.8, 4) is 0 Å². The number of anilines is 1. The lowest BCUT2D eigenvalue weighted by atomic mass is 9.98. The lowest BCUT2D eigenvalue weighted by Gasteiger charge is -2.32. The Morgan fingerprint density at radius 3 is 2.66 bits per heavy atom. The molecule has 2 fully saturated rings. The number of carbonyl (C=O) groups excluding carboxylic acids is 1. The minimum absolute atomic E-state index is 0.0955. The Hall–Kier alpha value is -2.19. The molecule has 0 aromatic carbocycles. The zero-order chi connectivity index (χ0) is 25.1. The summed E-state index contributed by atoms with van der Waals surface area (Å²) in [6.07, 6.45) is 10.1. The fraction of sp³-hybridized carbons (Fsp3) is 0.556. The smallest absolute Gasteiger partial charge is 0.267 e. The predicted molar refractivity (Wildman–Crippen MR) is 150 cm³/mol. The number of pyridine rings is 1. The molecule has 0 saturated carbocycles. The van der Waals surface area contributed by atoms with Gasteiger partial charge in [0.2, 0.25) is 0 Å². The van der Waals surface area contributed by atoms with Crippen molar-refractivity contribution in [1.29, 1.82) is 0 Å². The van der Waals surface area contributed by atoms with Crippen molar-refractivity contribution in [3.63, 3.8) is 0 Å². The first-order valence-corrected chi connectivity index (χ1v) is 14.1. The van der Waals surface area contributed by atoms with Crippen LogP contribution in [0.5, 0.6) is 0 Å². The van der Waals surface area contributed by atoms with Crippen LogP contribution < -0.4 is 10.5 Å². The summed E-state index contributed by atoms with van der Waals surface area (Å²) in [5.74, 6) is 1.67. The maximum Gasteiger partial charge on any atom is 0.267 e. The monoisotopic (exact) mass is 512 g/mol. The summed E-state index contributed by atoms with van der Waals surface area (Å²) in [6, 6.07) is 3.86. The maximum absolute atomic E-state index is 13.7. The highest BCUT2D eigenvalue weighted by Gasteiger charge is 2.34. The molecule has 0 aliphatic carbocycles. The van der Waals surface area contributed by atoms with E-state index in [1.54, 1.807) is 15.4 Å². The van der Waals surface area contributed by atoms with Gasteiger partial charge in [0.05, 0.1) is 10.5 Å². The van der Waals surface area contributed by atoms with Gasteiger partial charge in [-0.3, -0.25) is 18.9 Å². The Bertz CT molecular complexity index is 1200. The summed E-state index contributed by atoms with van der Waals surface area (Å²) >= 11 is 6.91. The predicted octanol–water partition coefficient (Wildman–Crippen LogP) is 5.66. The van der Waals surface area contributed by atoms with Gasteiger partial charge < -0.3 is 4.90 Å². The van der Waals surface area contributed by atoms with Gasteiger partial charge in [0.25, 0.3) is 11.5 Å². The molecule has 0 spiro atoms. The normalized spacial score (nSPS) is 19.4. The molecule has 0 N–H and O–H groups in total. The van der Waals surface area contributed by atoms with Crippen molar-refractivity contribution >= 4 is 51.7 Å². The van der Waals surface area contributed by atoms with Gasteiger partial charge in [-0.2, -0.15) is 0 Å². The highest BCUT2D eigenvalue weighted by atomic mass is 32.2. The lowest BCUT2D eigenvalue weighted by Crippen LogP contribution is -2.36. The molecule has 8 heteroatoms. The molecule has 2 saturated heterocycles. The first-order chi connectivity index (χ1) is 16.8. The summed E-state index contributed by atoms with van der Waals surface area (Å²) in [5, 5.41) is 0. The zero-order valence-electron chi connectivity index (χ0n) is 21.2. The molecular formula is C27H36N4O2S2. The summed E-state index contributed by atoms with van der Waals surface area (Å²) in [5.41, 5.74) is 1.93. The first-order valence-electron chi connectivity index (χ1n) is 12.9. The Morgan fingerprint density at radius 2 is 1.97 bits per heavy atom. The van der Waals surface area contributed by atoms with Crippen molar-refractivity contribution in [2.24, 2.45) is 11.8 Å². The van der Waals surface area contributed by atoms with E-state index in [2.05, 4.69) is 25.7 Å². The van der Waals surface area contributed by atoms with Gasteiger partial charge in [-0.05, 0) is 55.7 Å². The number of thioether (sulfide) groups is 1. The molecule has 2 aliphatic rings. The number of hydrogen-bond acceptors (Lipinski definition) is 6. The van der Waals surface area contributed by atoms with Crippen LogP contribution in [-0.2, 0) is 4.79 Å². The van der Waals surface area contributed by atoms with E-state index in [0.29, 0.717) is 44.6 Å². The average molecular weight is 513 g/mol. The zero-order valence-corrected chi connectivity index (χ0v) is 22.9. The molecule has 6 nitrogen and oxygen atoms in total. The van der Waals surface area contributed by atoms with Gasteiger partial charge in [-0.1, -0.05) is 70.1 Å². The number of unbranched alkanes of at least 4 members (excludes halogenated alkanes) is 1. The Labute approximate surface area is 217 Å². The van der Waals surface area contributed by atoms with Gasteiger partial charge in [0, 0.05) is 25.8 Å². The quantitative estimate of drug-likeness (QED) is 0.336. The number of hydrogen-bond donors (Lipinski definition) is 0. The number of piperidine rings is 1. The fourth-order valence-corrected chi connectivity index (χ4v) is 6.06. The first kappa shape index (κ1) is 25.9. The van der Waals surface area contributed by atoms with E-state index in [1.165, 1.54) is 11.8 Å². The van der Waals surface area contributed by atoms with Crippen molar-refractivity contribution in [2.45, 2.75) is 66.2 Å². The van der Waals surface area contributed by atoms with Crippen molar-refractivity contribution in [3.05, 3.63) is 44.7 Å². The molecule has 188 valence electrons. The standard InChI is InChI=1S/C27H36N4O2S2/c1-5-7-8-20(6-2)17-31-26(33)22(35-27(31)34)15-21-24(29-13-11-18(3)12-14-29)28-23-10-9-19(4)16-30(23)25(21)32/h9-10,15-16,18,20H,5-8,11-14,17H2,1-4H3/b22-15+. The Balaban J connectivity index is 1.73. The maximum atomic E-state index is 13.7. The van der Waals surface area contributed by atoms with E-state index in [1.807, 2.05) is 25.3 Å². The van der Waals surface area contributed by atoms with Crippen LogP contribution in [-0.4, -0.2) is 44.1 Å². The third-order valence-electron chi connectivity index (χ3n) is 7.20. The largest absolute Gasteiger partial charge is 0.356 e. The van der Waals surface area contributed by atoms with Crippen LogP contribution in [0.1, 0.15) is 70.4 Å². The molecule has 2 aliphatic heterocycles. The molecule has 2 aromatic rings. The van der Waals surface area contributed by atoms with Crippen LogP contribution in [0, 0.1) is 18.8 Å². The minimum atomic E-state index is -0.146. The third-order valence-corrected chi connectivity index (χ3v) is 8.58. The second-order valence-corrected chi connectivity index (χ2v) is 11.6. The molecule has 35 heavy (non-hydrogen) atoms. The number of carbonyl (C=O) groups is 1. The van der Waals surface area contributed by atoms with E-state index in [4.69, 9.17) is 17.2 Å². The summed E-state index contributed by atoms with van der Waals surface area (Å²) in [4.78, 5) is 36.5. The van der Waals surface area contributed by atoms with Crippen LogP contribution in [0.3, 0.4) is 0 Å². The van der Waals surface area contributed by atoms with Crippen LogP contribution in [0.4, 0.5) is 5.82 Å². The summed E-state index contributed by atoms with van der Waals surface area (Å²) in [6.45, 7) is 10.9. The molecule has 1 unspecified atom stereocenters. The number of nitrogens with zero attached hydrogens (tertiary/aromatic N) is 4. The van der Waals surface area contributed by atoms with Crippen LogP contribution in [0.25, 0.3) is 11.7 Å². The van der Waals surface area contributed by atoms with E-state index in [0.717, 1.165) is 57.2 Å². The van der Waals surface area contributed by atoms with Gasteiger partial charge in [-0.15, -0.1) is 0 Å². The minimum Gasteiger partial charge on any atom is -0.356 e. The third kappa shape index (κ3) is 5.64. The lowest BCUT2D eigenvalue weighted by molar-refractivity contribution is -0.122. The molecular weight excluding hydrogens is 476 g/mol. The topological polar surface area (TPSA) is 57.9 Å². The molecule has 0 bridgehead atoms. The number of thiocarbonyl (C=S) groups is 1. The number of aryl methyl sites for hydroxylation is 1. The van der Waals surface area contributed by atoms with Crippen LogP contribution in [0.15, 0.2) is 28.0 Å². The van der Waals surface area contributed by atoms with E-state index in [-0.39, 0.29) is 11.5 Å². The molecule has 4 heterocycles. The van der Waals surface area contributed by atoms with Gasteiger partial charge >= 0.3 is 0 Å². The molecule has 0 radical (unpaired) electrons. The second-order valence-electron chi connectivity index (χ2n) is 9.97. The van der Waals surface area contributed by atoms with Crippen LogP contribution >= 0.6 is 24.0 Å². The number of fused-ring (bicyclic) bond motifs is 1. The van der Waals surface area contributed by atoms with E-state index in [9.17, 15) is 9.59 Å².